The Balaban J connectivity index is 1.88. The zero-order valence-electron chi connectivity index (χ0n) is 11.9. The molecule has 2 N–H and O–H groups in total. The molecule has 5 heteroatoms. The molecule has 2 aromatic rings. The molecular formula is C15H21N3OS. The van der Waals surface area contributed by atoms with Crippen molar-refractivity contribution in [2.45, 2.75) is 19.1 Å². The predicted molar refractivity (Wildman–Crippen MR) is 84.3 cm³/mol. The van der Waals surface area contributed by atoms with Gasteiger partial charge in [-0.25, -0.2) is 4.68 Å². The number of para-hydroxylation sites is 1. The topological polar surface area (TPSA) is 50.1 Å². The third-order valence-corrected chi connectivity index (χ3v) is 3.86. The maximum Gasteiger partial charge on any atom is 0.0833 e. The fourth-order valence-corrected chi connectivity index (χ4v) is 2.74. The molecule has 2 rings (SSSR count). The van der Waals surface area contributed by atoms with E-state index in [9.17, 15) is 5.11 Å². The van der Waals surface area contributed by atoms with Crippen LogP contribution in [0.4, 0.5) is 0 Å². The predicted octanol–water partition coefficient (Wildman–Crippen LogP) is 2.08. The van der Waals surface area contributed by atoms with Gasteiger partial charge in [-0.1, -0.05) is 18.2 Å². The van der Waals surface area contributed by atoms with Crippen molar-refractivity contribution in [1.29, 1.82) is 0 Å². The molecule has 0 saturated carbocycles. The fourth-order valence-electron chi connectivity index (χ4n) is 2.01. The minimum Gasteiger partial charge on any atom is -0.388 e. The van der Waals surface area contributed by atoms with Crippen molar-refractivity contribution < 1.29 is 5.11 Å². The lowest BCUT2D eigenvalue weighted by Crippen LogP contribution is -2.39. The molecule has 108 valence electrons. The van der Waals surface area contributed by atoms with Gasteiger partial charge >= 0.3 is 0 Å². The first-order chi connectivity index (χ1) is 9.61. The Labute approximate surface area is 124 Å². The second kappa shape index (κ2) is 6.92. The molecule has 1 aromatic heterocycles. The van der Waals surface area contributed by atoms with Gasteiger partial charge in [-0.05, 0) is 25.3 Å². The van der Waals surface area contributed by atoms with E-state index in [0.717, 1.165) is 17.0 Å². The lowest BCUT2D eigenvalue weighted by Gasteiger charge is -2.22. The lowest BCUT2D eigenvalue weighted by molar-refractivity contribution is 0.0846. The fraction of sp³-hybridized carbons (Fsp3) is 0.400. The van der Waals surface area contributed by atoms with Gasteiger partial charge in [0.25, 0.3) is 0 Å². The van der Waals surface area contributed by atoms with Gasteiger partial charge in [-0.2, -0.15) is 16.9 Å². The van der Waals surface area contributed by atoms with Crippen LogP contribution in [0.25, 0.3) is 5.69 Å². The summed E-state index contributed by atoms with van der Waals surface area (Å²) in [6, 6.07) is 10.0. The zero-order valence-corrected chi connectivity index (χ0v) is 12.7. The van der Waals surface area contributed by atoms with E-state index >= 15 is 0 Å². The van der Waals surface area contributed by atoms with Crippen molar-refractivity contribution >= 4 is 11.8 Å². The van der Waals surface area contributed by atoms with E-state index in [1.807, 2.05) is 60.6 Å². The van der Waals surface area contributed by atoms with Gasteiger partial charge in [0.1, 0.15) is 0 Å². The number of hydrogen-bond acceptors (Lipinski definition) is 4. The molecule has 0 aliphatic heterocycles. The summed E-state index contributed by atoms with van der Waals surface area (Å²) in [7, 11) is 0. The Morgan fingerprint density at radius 1 is 1.35 bits per heavy atom. The van der Waals surface area contributed by atoms with E-state index in [-0.39, 0.29) is 0 Å². The van der Waals surface area contributed by atoms with Crippen molar-refractivity contribution in [1.82, 2.24) is 15.1 Å². The molecule has 0 spiro atoms. The molecule has 1 aromatic carbocycles. The summed E-state index contributed by atoms with van der Waals surface area (Å²) < 4.78 is 1.86. The van der Waals surface area contributed by atoms with E-state index < -0.39 is 5.60 Å². The number of rotatable bonds is 7. The molecule has 0 amide bonds. The summed E-state index contributed by atoms with van der Waals surface area (Å²) in [5, 5.41) is 17.7. The number of aromatic nitrogens is 2. The average Bonchev–Trinajstić information content (AvgIpc) is 2.88. The summed E-state index contributed by atoms with van der Waals surface area (Å²) in [6.45, 7) is 3.13. The van der Waals surface area contributed by atoms with Crippen LogP contribution in [0.15, 0.2) is 42.7 Å². The standard InChI is InChI=1S/C15H21N3OS/c1-15(19,12-20-2)11-16-8-13-9-17-18(10-13)14-6-4-3-5-7-14/h3-7,9-10,16,19H,8,11-12H2,1-2H3. The first kappa shape index (κ1) is 15.1. The molecule has 1 heterocycles. The third kappa shape index (κ3) is 4.37. The first-order valence-corrected chi connectivity index (χ1v) is 8.01. The van der Waals surface area contributed by atoms with Gasteiger partial charge in [0.15, 0.2) is 0 Å². The van der Waals surface area contributed by atoms with Gasteiger partial charge in [0, 0.05) is 30.6 Å². The second-order valence-corrected chi connectivity index (χ2v) is 6.03. The minimum absolute atomic E-state index is 0.574. The number of aliphatic hydroxyl groups is 1. The number of nitrogens with zero attached hydrogens (tertiary/aromatic N) is 2. The Morgan fingerprint density at radius 2 is 2.10 bits per heavy atom. The van der Waals surface area contributed by atoms with E-state index in [4.69, 9.17) is 0 Å². The molecule has 0 saturated heterocycles. The zero-order chi connectivity index (χ0) is 14.4. The molecule has 0 aliphatic carbocycles. The van der Waals surface area contributed by atoms with Crippen LogP contribution in [0, 0.1) is 0 Å². The van der Waals surface area contributed by atoms with Gasteiger partial charge in [0.2, 0.25) is 0 Å². The first-order valence-electron chi connectivity index (χ1n) is 6.62. The van der Waals surface area contributed by atoms with Crippen LogP contribution in [0.3, 0.4) is 0 Å². The average molecular weight is 291 g/mol. The summed E-state index contributed by atoms with van der Waals surface area (Å²) in [5.74, 6) is 0.725. The Hall–Kier alpha value is -1.30. The van der Waals surface area contributed by atoms with Gasteiger partial charge < -0.3 is 10.4 Å². The number of nitrogens with one attached hydrogen (secondary N) is 1. The van der Waals surface area contributed by atoms with Gasteiger partial charge in [-0.3, -0.25) is 0 Å². The Morgan fingerprint density at radius 3 is 2.80 bits per heavy atom. The number of hydrogen-bond donors (Lipinski definition) is 2. The lowest BCUT2D eigenvalue weighted by atomic mass is 10.1. The quantitative estimate of drug-likeness (QED) is 0.820. The smallest absolute Gasteiger partial charge is 0.0833 e. The molecule has 20 heavy (non-hydrogen) atoms. The van der Waals surface area contributed by atoms with Crippen LogP contribution in [0.2, 0.25) is 0 Å². The van der Waals surface area contributed by atoms with Crippen LogP contribution in [0.5, 0.6) is 0 Å². The SMILES string of the molecule is CSCC(C)(O)CNCc1cnn(-c2ccccc2)c1. The normalized spacial score (nSPS) is 14.2. The van der Waals surface area contributed by atoms with Crippen molar-refractivity contribution in [3.63, 3.8) is 0 Å². The van der Waals surface area contributed by atoms with Crippen molar-refractivity contribution in [3.05, 3.63) is 48.3 Å². The van der Waals surface area contributed by atoms with E-state index in [1.165, 1.54) is 0 Å². The second-order valence-electron chi connectivity index (χ2n) is 5.16. The van der Waals surface area contributed by atoms with Gasteiger partial charge in [0.05, 0.1) is 17.5 Å². The third-order valence-electron chi connectivity index (χ3n) is 2.95. The highest BCUT2D eigenvalue weighted by atomic mass is 32.2. The van der Waals surface area contributed by atoms with Crippen LogP contribution in [-0.4, -0.2) is 39.0 Å². The summed E-state index contributed by atoms with van der Waals surface area (Å²) in [6.07, 6.45) is 5.85. The highest BCUT2D eigenvalue weighted by Crippen LogP contribution is 2.10. The van der Waals surface area contributed by atoms with Crippen LogP contribution >= 0.6 is 11.8 Å². The number of thioether (sulfide) groups is 1. The van der Waals surface area contributed by atoms with Crippen molar-refractivity contribution in [3.8, 4) is 5.69 Å². The molecule has 0 bridgehead atoms. The molecule has 4 nitrogen and oxygen atoms in total. The minimum atomic E-state index is -0.672. The maximum atomic E-state index is 10.1. The molecule has 1 unspecified atom stereocenters. The van der Waals surface area contributed by atoms with Crippen LogP contribution in [-0.2, 0) is 6.54 Å². The van der Waals surface area contributed by atoms with Crippen molar-refractivity contribution in [2.75, 3.05) is 18.6 Å². The molecule has 0 aliphatic rings. The monoisotopic (exact) mass is 291 g/mol. The van der Waals surface area contributed by atoms with Crippen LogP contribution in [0.1, 0.15) is 12.5 Å². The van der Waals surface area contributed by atoms with E-state index in [1.54, 1.807) is 11.8 Å². The Kier molecular flexibility index (Phi) is 5.23. The molecule has 1 atom stereocenters. The maximum absolute atomic E-state index is 10.1. The summed E-state index contributed by atoms with van der Waals surface area (Å²) in [5.41, 5.74) is 1.48. The molecular weight excluding hydrogens is 270 g/mol. The van der Waals surface area contributed by atoms with Crippen molar-refractivity contribution in [2.24, 2.45) is 0 Å². The van der Waals surface area contributed by atoms with Crippen LogP contribution < -0.4 is 5.32 Å². The van der Waals surface area contributed by atoms with Gasteiger partial charge in [-0.15, -0.1) is 0 Å². The van der Waals surface area contributed by atoms with E-state index in [2.05, 4.69) is 10.4 Å². The summed E-state index contributed by atoms with van der Waals surface area (Å²) in [4.78, 5) is 0. The van der Waals surface area contributed by atoms with E-state index in [0.29, 0.717) is 13.1 Å². The number of benzene rings is 1. The summed E-state index contributed by atoms with van der Waals surface area (Å²) >= 11 is 1.65. The highest BCUT2D eigenvalue weighted by molar-refractivity contribution is 7.98. The molecule has 0 fully saturated rings. The molecule has 0 radical (unpaired) electrons. The largest absolute Gasteiger partial charge is 0.388 e. The Bertz CT molecular complexity index is 525. The highest BCUT2D eigenvalue weighted by Gasteiger charge is 2.18.